The Kier molecular flexibility index (Phi) is 5.28. The number of hydrazone groups is 1. The molecule has 0 saturated heterocycles. The molecule has 0 saturated carbocycles. The number of hydrogen-bond acceptors (Lipinski definition) is 3. The summed E-state index contributed by atoms with van der Waals surface area (Å²) < 4.78 is 5.05. The molecule has 0 spiro atoms. The lowest BCUT2D eigenvalue weighted by Crippen LogP contribution is -2.31. The normalized spacial score (nSPS) is 10.1. The lowest BCUT2D eigenvalue weighted by Gasteiger charge is -2.02. The van der Waals surface area contributed by atoms with Crippen molar-refractivity contribution in [3.63, 3.8) is 0 Å². The second-order valence-corrected chi connectivity index (χ2v) is 3.41. The molecule has 2 N–H and O–H groups in total. The van der Waals surface area contributed by atoms with Gasteiger partial charge in [0.05, 0.1) is 13.3 Å². The first-order valence-corrected chi connectivity index (χ1v) is 5.38. The second kappa shape index (κ2) is 6.79. The van der Waals surface area contributed by atoms with Crippen LogP contribution in [0, 0.1) is 0 Å². The van der Waals surface area contributed by atoms with E-state index in [1.54, 1.807) is 13.3 Å². The number of rotatable bonds is 4. The van der Waals surface area contributed by atoms with Gasteiger partial charge in [-0.1, -0.05) is 0 Å². The molecule has 0 fully saturated rings. The van der Waals surface area contributed by atoms with Crippen molar-refractivity contribution in [2.24, 2.45) is 5.10 Å². The molecule has 0 atom stereocenters. The van der Waals surface area contributed by atoms with Gasteiger partial charge in [0, 0.05) is 6.54 Å². The first-order chi connectivity index (χ1) is 7.76. The monoisotopic (exact) mass is 237 g/mol. The van der Waals surface area contributed by atoms with Gasteiger partial charge < -0.3 is 10.1 Å². The van der Waals surface area contributed by atoms with Crippen LogP contribution in [-0.4, -0.2) is 25.0 Å². The summed E-state index contributed by atoms with van der Waals surface area (Å²) in [5.41, 5.74) is 3.70. The van der Waals surface area contributed by atoms with Crippen LogP contribution >= 0.6 is 12.2 Å². The standard InChI is InChI=1S/C11H15N3OS/c1-3-12-11(16)14-13-8-9-4-6-10(15-2)7-5-9/h4-8H,3H2,1-2H3,(H2,12,14,16). The summed E-state index contributed by atoms with van der Waals surface area (Å²) in [7, 11) is 1.64. The van der Waals surface area contributed by atoms with Crippen LogP contribution in [0.25, 0.3) is 0 Å². The van der Waals surface area contributed by atoms with E-state index in [9.17, 15) is 0 Å². The molecule has 86 valence electrons. The van der Waals surface area contributed by atoms with Crippen LogP contribution in [-0.2, 0) is 0 Å². The maximum Gasteiger partial charge on any atom is 0.186 e. The van der Waals surface area contributed by atoms with Gasteiger partial charge in [0.1, 0.15) is 5.75 Å². The van der Waals surface area contributed by atoms with E-state index >= 15 is 0 Å². The molecule has 0 bridgehead atoms. The summed E-state index contributed by atoms with van der Waals surface area (Å²) in [6.07, 6.45) is 1.70. The molecule has 0 aliphatic heterocycles. The van der Waals surface area contributed by atoms with Crippen molar-refractivity contribution in [1.29, 1.82) is 0 Å². The van der Waals surface area contributed by atoms with Gasteiger partial charge in [0.2, 0.25) is 0 Å². The van der Waals surface area contributed by atoms with E-state index in [1.165, 1.54) is 0 Å². The van der Waals surface area contributed by atoms with E-state index in [-0.39, 0.29) is 0 Å². The molecule has 0 aliphatic carbocycles. The minimum atomic E-state index is 0.521. The third-order valence-electron chi connectivity index (χ3n) is 1.83. The number of methoxy groups -OCH3 is 1. The molecule has 0 amide bonds. The highest BCUT2D eigenvalue weighted by molar-refractivity contribution is 7.80. The van der Waals surface area contributed by atoms with Crippen molar-refractivity contribution < 1.29 is 4.74 Å². The van der Waals surface area contributed by atoms with Crippen molar-refractivity contribution in [1.82, 2.24) is 10.7 Å². The van der Waals surface area contributed by atoms with Gasteiger partial charge in [0.25, 0.3) is 0 Å². The van der Waals surface area contributed by atoms with Gasteiger partial charge in [-0.2, -0.15) is 5.10 Å². The van der Waals surface area contributed by atoms with E-state index in [1.807, 2.05) is 31.2 Å². The number of nitrogens with zero attached hydrogens (tertiary/aromatic N) is 1. The fraction of sp³-hybridized carbons (Fsp3) is 0.273. The Hall–Kier alpha value is -1.62. The van der Waals surface area contributed by atoms with Crippen LogP contribution in [0.2, 0.25) is 0 Å². The minimum Gasteiger partial charge on any atom is -0.497 e. The summed E-state index contributed by atoms with van der Waals surface area (Å²) in [5, 5.41) is 7.45. The van der Waals surface area contributed by atoms with Gasteiger partial charge in [-0.25, -0.2) is 0 Å². The first-order valence-electron chi connectivity index (χ1n) is 4.97. The highest BCUT2D eigenvalue weighted by atomic mass is 32.1. The average Bonchev–Trinajstić information content (AvgIpc) is 2.30. The van der Waals surface area contributed by atoms with Gasteiger partial charge in [-0.15, -0.1) is 0 Å². The SMILES string of the molecule is CCNC(=S)NN=Cc1ccc(OC)cc1. The van der Waals surface area contributed by atoms with Crippen LogP contribution in [0.5, 0.6) is 5.75 Å². The Morgan fingerprint density at radius 1 is 1.44 bits per heavy atom. The number of ether oxygens (including phenoxy) is 1. The quantitative estimate of drug-likeness (QED) is 0.473. The second-order valence-electron chi connectivity index (χ2n) is 3.00. The molecule has 1 aromatic carbocycles. The summed E-state index contributed by atoms with van der Waals surface area (Å²) >= 11 is 4.95. The zero-order valence-corrected chi connectivity index (χ0v) is 10.2. The van der Waals surface area contributed by atoms with Crippen molar-refractivity contribution in [3.05, 3.63) is 29.8 Å². The van der Waals surface area contributed by atoms with Gasteiger partial charge in [-0.05, 0) is 49.0 Å². The van der Waals surface area contributed by atoms with E-state index < -0.39 is 0 Å². The maximum atomic E-state index is 5.05. The van der Waals surface area contributed by atoms with E-state index in [0.29, 0.717) is 5.11 Å². The Morgan fingerprint density at radius 2 is 2.12 bits per heavy atom. The fourth-order valence-corrected chi connectivity index (χ4v) is 1.25. The maximum absolute atomic E-state index is 5.05. The Morgan fingerprint density at radius 3 is 2.69 bits per heavy atom. The molecule has 0 radical (unpaired) electrons. The molecule has 16 heavy (non-hydrogen) atoms. The topological polar surface area (TPSA) is 45.7 Å². The number of benzene rings is 1. The molecule has 1 aromatic rings. The third kappa shape index (κ3) is 4.27. The number of nitrogens with one attached hydrogen (secondary N) is 2. The van der Waals surface area contributed by atoms with Crippen LogP contribution in [0.3, 0.4) is 0 Å². The fourth-order valence-electron chi connectivity index (χ4n) is 1.06. The van der Waals surface area contributed by atoms with Crippen LogP contribution in [0.15, 0.2) is 29.4 Å². The van der Waals surface area contributed by atoms with Crippen molar-refractivity contribution in [2.45, 2.75) is 6.92 Å². The molecule has 0 aliphatic rings. The third-order valence-corrected chi connectivity index (χ3v) is 2.07. The van der Waals surface area contributed by atoms with Crippen LogP contribution in [0.1, 0.15) is 12.5 Å². The van der Waals surface area contributed by atoms with E-state index in [0.717, 1.165) is 17.9 Å². The largest absolute Gasteiger partial charge is 0.497 e. The predicted octanol–water partition coefficient (Wildman–Crippen LogP) is 1.51. The molecular formula is C11H15N3OS. The van der Waals surface area contributed by atoms with Crippen molar-refractivity contribution in [2.75, 3.05) is 13.7 Å². The summed E-state index contributed by atoms with van der Waals surface area (Å²) in [6.45, 7) is 2.76. The Labute approximate surface area is 101 Å². The predicted molar refractivity (Wildman–Crippen MR) is 70.0 cm³/mol. The van der Waals surface area contributed by atoms with Gasteiger partial charge in [0.15, 0.2) is 5.11 Å². The zero-order valence-electron chi connectivity index (χ0n) is 9.36. The molecule has 5 heteroatoms. The summed E-state index contributed by atoms with van der Waals surface area (Å²) in [4.78, 5) is 0. The number of hydrogen-bond donors (Lipinski definition) is 2. The van der Waals surface area contributed by atoms with Crippen molar-refractivity contribution >= 4 is 23.5 Å². The number of thiocarbonyl (C=S) groups is 1. The Balaban J connectivity index is 2.46. The van der Waals surface area contributed by atoms with Crippen LogP contribution in [0.4, 0.5) is 0 Å². The zero-order chi connectivity index (χ0) is 11.8. The summed E-state index contributed by atoms with van der Waals surface area (Å²) in [5.74, 6) is 0.827. The van der Waals surface area contributed by atoms with Gasteiger partial charge >= 0.3 is 0 Å². The molecule has 0 heterocycles. The summed E-state index contributed by atoms with van der Waals surface area (Å²) in [6, 6.07) is 7.59. The molecule has 0 unspecified atom stereocenters. The molecule has 1 rings (SSSR count). The molecule has 4 nitrogen and oxygen atoms in total. The first kappa shape index (κ1) is 12.4. The highest BCUT2D eigenvalue weighted by Crippen LogP contribution is 2.09. The van der Waals surface area contributed by atoms with Crippen molar-refractivity contribution in [3.8, 4) is 5.75 Å². The van der Waals surface area contributed by atoms with Crippen LogP contribution < -0.4 is 15.5 Å². The lowest BCUT2D eigenvalue weighted by atomic mass is 10.2. The van der Waals surface area contributed by atoms with E-state index in [2.05, 4.69) is 15.8 Å². The molecular weight excluding hydrogens is 222 g/mol. The highest BCUT2D eigenvalue weighted by Gasteiger charge is 1.91. The lowest BCUT2D eigenvalue weighted by molar-refractivity contribution is 0.415. The van der Waals surface area contributed by atoms with E-state index in [4.69, 9.17) is 17.0 Å². The van der Waals surface area contributed by atoms with Gasteiger partial charge in [-0.3, -0.25) is 5.43 Å². The smallest absolute Gasteiger partial charge is 0.186 e. The average molecular weight is 237 g/mol. The molecule has 0 aromatic heterocycles. The Bertz CT molecular complexity index is 362. The minimum absolute atomic E-state index is 0.521.